The molecule has 1 aliphatic heterocycles. The van der Waals surface area contributed by atoms with Crippen LogP contribution in [0.1, 0.15) is 26.4 Å². The summed E-state index contributed by atoms with van der Waals surface area (Å²) in [6.45, 7) is 2.69. The van der Waals surface area contributed by atoms with E-state index in [1.807, 2.05) is 6.07 Å². The topological polar surface area (TPSA) is 102 Å². The van der Waals surface area contributed by atoms with Gasteiger partial charge in [0.25, 0.3) is 11.8 Å². The first-order chi connectivity index (χ1) is 16.5. The smallest absolute Gasteiger partial charge is 0.255 e. The van der Waals surface area contributed by atoms with Crippen molar-refractivity contribution in [2.45, 2.75) is 6.92 Å². The molecule has 4 aromatic rings. The lowest BCUT2D eigenvalue weighted by atomic mass is 10.1. The molecule has 0 saturated heterocycles. The summed E-state index contributed by atoms with van der Waals surface area (Å²) in [5.41, 5.74) is 3.12. The Morgan fingerprint density at radius 2 is 1.62 bits per heavy atom. The van der Waals surface area contributed by atoms with Crippen LogP contribution in [0, 0.1) is 6.92 Å². The van der Waals surface area contributed by atoms with Crippen molar-refractivity contribution in [3.05, 3.63) is 82.8 Å². The number of benzene rings is 2. The fourth-order valence-corrected chi connectivity index (χ4v) is 3.71. The molecule has 0 unspecified atom stereocenters. The molecule has 0 atom stereocenters. The second kappa shape index (κ2) is 8.99. The van der Waals surface area contributed by atoms with Gasteiger partial charge in [0.15, 0.2) is 11.5 Å². The van der Waals surface area contributed by atoms with Gasteiger partial charge in [0, 0.05) is 16.5 Å². The van der Waals surface area contributed by atoms with Crippen LogP contribution >= 0.6 is 11.6 Å². The van der Waals surface area contributed by atoms with E-state index < -0.39 is 0 Å². The van der Waals surface area contributed by atoms with E-state index in [1.165, 1.54) is 6.20 Å². The quantitative estimate of drug-likeness (QED) is 0.409. The number of hydrogen-bond donors (Lipinski definition) is 2. The Bertz CT molecular complexity index is 1440. The number of nitrogens with one attached hydrogen (secondary N) is 2. The predicted molar refractivity (Wildman–Crippen MR) is 129 cm³/mol. The van der Waals surface area contributed by atoms with Crippen LogP contribution in [0.15, 0.2) is 60.8 Å². The van der Waals surface area contributed by atoms with Crippen molar-refractivity contribution < 1.29 is 19.1 Å². The molecule has 9 heteroatoms. The predicted octanol–water partition coefficient (Wildman–Crippen LogP) is 4.87. The van der Waals surface area contributed by atoms with E-state index in [1.54, 1.807) is 55.5 Å². The highest BCUT2D eigenvalue weighted by molar-refractivity contribution is 6.29. The number of rotatable bonds is 4. The third-order valence-corrected chi connectivity index (χ3v) is 5.53. The summed E-state index contributed by atoms with van der Waals surface area (Å²) in [6, 6.07) is 15.3. The van der Waals surface area contributed by atoms with Crippen molar-refractivity contribution in [3.63, 3.8) is 0 Å². The lowest BCUT2D eigenvalue weighted by molar-refractivity contribution is 0.101. The first kappa shape index (κ1) is 21.7. The average molecular weight is 475 g/mol. The van der Waals surface area contributed by atoms with E-state index in [0.29, 0.717) is 63.6 Å². The SMILES string of the molecule is Cc1ncc(NC(=O)c2ccc3c(c2)OCCO3)cc1NC(=O)c1ccc2nc(Cl)ccc2c1. The van der Waals surface area contributed by atoms with Gasteiger partial charge in [0.2, 0.25) is 0 Å². The van der Waals surface area contributed by atoms with Gasteiger partial charge in [-0.2, -0.15) is 0 Å². The van der Waals surface area contributed by atoms with Crippen molar-refractivity contribution in [1.29, 1.82) is 0 Å². The van der Waals surface area contributed by atoms with Crippen LogP contribution in [0.5, 0.6) is 11.5 Å². The number of anilines is 2. The zero-order valence-corrected chi connectivity index (χ0v) is 18.8. The molecule has 2 aromatic heterocycles. The molecule has 2 aromatic carbocycles. The normalized spacial score (nSPS) is 12.3. The number of aryl methyl sites for hydroxylation is 1. The minimum absolute atomic E-state index is 0.308. The largest absolute Gasteiger partial charge is 0.486 e. The summed E-state index contributed by atoms with van der Waals surface area (Å²) < 4.78 is 11.0. The number of hydrogen-bond acceptors (Lipinski definition) is 6. The van der Waals surface area contributed by atoms with E-state index in [0.717, 1.165) is 5.39 Å². The molecule has 3 heterocycles. The lowest BCUT2D eigenvalue weighted by Gasteiger charge is -2.18. The number of carbonyl (C=O) groups is 2. The van der Waals surface area contributed by atoms with Crippen molar-refractivity contribution in [2.24, 2.45) is 0 Å². The first-order valence-corrected chi connectivity index (χ1v) is 10.9. The molecule has 170 valence electrons. The Balaban J connectivity index is 1.33. The summed E-state index contributed by atoms with van der Waals surface area (Å²) in [4.78, 5) is 34.2. The number of amides is 2. The maximum absolute atomic E-state index is 12.9. The molecule has 0 saturated carbocycles. The maximum Gasteiger partial charge on any atom is 0.255 e. The van der Waals surface area contributed by atoms with Crippen LogP contribution < -0.4 is 20.1 Å². The molecule has 0 radical (unpaired) electrons. The molecule has 2 amide bonds. The van der Waals surface area contributed by atoms with Gasteiger partial charge in [-0.15, -0.1) is 0 Å². The van der Waals surface area contributed by atoms with Crippen molar-refractivity contribution in [3.8, 4) is 11.5 Å². The van der Waals surface area contributed by atoms with Crippen molar-refractivity contribution in [2.75, 3.05) is 23.8 Å². The van der Waals surface area contributed by atoms with E-state index in [9.17, 15) is 9.59 Å². The average Bonchev–Trinajstić information content (AvgIpc) is 2.85. The Hall–Kier alpha value is -4.17. The molecular formula is C25H19ClN4O4. The van der Waals surface area contributed by atoms with Gasteiger partial charge in [-0.25, -0.2) is 4.98 Å². The molecule has 34 heavy (non-hydrogen) atoms. The fourth-order valence-electron chi connectivity index (χ4n) is 3.55. The van der Waals surface area contributed by atoms with Crippen LogP contribution in [0.2, 0.25) is 5.15 Å². The molecule has 8 nitrogen and oxygen atoms in total. The van der Waals surface area contributed by atoms with Gasteiger partial charge in [-0.05, 0) is 61.5 Å². The summed E-state index contributed by atoms with van der Waals surface area (Å²) in [5.74, 6) is 0.497. The van der Waals surface area contributed by atoms with Gasteiger partial charge >= 0.3 is 0 Å². The Kier molecular flexibility index (Phi) is 5.73. The lowest BCUT2D eigenvalue weighted by Crippen LogP contribution is -2.17. The highest BCUT2D eigenvalue weighted by atomic mass is 35.5. The van der Waals surface area contributed by atoms with Crippen LogP contribution in [0.4, 0.5) is 11.4 Å². The molecule has 1 aliphatic rings. The van der Waals surface area contributed by atoms with Crippen molar-refractivity contribution in [1.82, 2.24) is 9.97 Å². The summed E-state index contributed by atoms with van der Waals surface area (Å²) >= 11 is 5.93. The third-order valence-electron chi connectivity index (χ3n) is 5.31. The van der Waals surface area contributed by atoms with Crippen LogP contribution in [0.3, 0.4) is 0 Å². The Labute approximate surface area is 199 Å². The van der Waals surface area contributed by atoms with Crippen molar-refractivity contribution >= 4 is 45.7 Å². The van der Waals surface area contributed by atoms with Crippen LogP contribution in [0.25, 0.3) is 10.9 Å². The summed E-state index contributed by atoms with van der Waals surface area (Å²) in [6.07, 6.45) is 1.53. The van der Waals surface area contributed by atoms with E-state index in [2.05, 4.69) is 20.6 Å². The highest BCUT2D eigenvalue weighted by Gasteiger charge is 2.16. The van der Waals surface area contributed by atoms with E-state index in [4.69, 9.17) is 21.1 Å². The molecule has 0 aliphatic carbocycles. The third kappa shape index (κ3) is 4.49. The van der Waals surface area contributed by atoms with E-state index in [-0.39, 0.29) is 11.8 Å². The zero-order valence-electron chi connectivity index (χ0n) is 18.1. The number of ether oxygens (including phenoxy) is 2. The molecule has 0 spiro atoms. The van der Waals surface area contributed by atoms with Gasteiger partial charge in [-0.3, -0.25) is 14.6 Å². The molecule has 0 fully saturated rings. The highest BCUT2D eigenvalue weighted by Crippen LogP contribution is 2.31. The standard InChI is InChI=1S/C25H19ClN4O4/c1-14-20(30-25(32)16-2-5-19-15(10-16)4-7-23(26)29-19)12-18(13-27-14)28-24(31)17-3-6-21-22(11-17)34-9-8-33-21/h2-7,10-13H,8-9H2,1H3,(H,28,31)(H,30,32). The monoisotopic (exact) mass is 474 g/mol. The molecule has 0 bridgehead atoms. The second-order valence-electron chi connectivity index (χ2n) is 7.67. The Morgan fingerprint density at radius 1 is 0.882 bits per heavy atom. The van der Waals surface area contributed by atoms with Gasteiger partial charge in [0.05, 0.1) is 28.8 Å². The summed E-state index contributed by atoms with van der Waals surface area (Å²) in [7, 11) is 0. The number of halogens is 1. The van der Waals surface area contributed by atoms with Crippen LogP contribution in [-0.2, 0) is 0 Å². The Morgan fingerprint density at radius 3 is 2.47 bits per heavy atom. The number of carbonyl (C=O) groups excluding carboxylic acids is 2. The fraction of sp³-hybridized carbons (Fsp3) is 0.120. The maximum atomic E-state index is 12.9. The molecular weight excluding hydrogens is 456 g/mol. The first-order valence-electron chi connectivity index (χ1n) is 10.5. The number of fused-ring (bicyclic) bond motifs is 2. The van der Waals surface area contributed by atoms with Gasteiger partial charge < -0.3 is 20.1 Å². The minimum atomic E-state index is -0.333. The van der Waals surface area contributed by atoms with Gasteiger partial charge in [0.1, 0.15) is 18.4 Å². The van der Waals surface area contributed by atoms with Gasteiger partial charge in [-0.1, -0.05) is 11.6 Å². The summed E-state index contributed by atoms with van der Waals surface area (Å²) in [5, 5.41) is 6.86. The molecule has 2 N–H and O–H groups in total. The minimum Gasteiger partial charge on any atom is -0.486 e. The number of aromatic nitrogens is 2. The van der Waals surface area contributed by atoms with E-state index >= 15 is 0 Å². The number of pyridine rings is 2. The second-order valence-corrected chi connectivity index (χ2v) is 8.05. The van der Waals surface area contributed by atoms with Crippen LogP contribution in [-0.4, -0.2) is 35.0 Å². The zero-order chi connectivity index (χ0) is 23.7. The molecule has 5 rings (SSSR count). The number of nitrogens with zero attached hydrogens (tertiary/aromatic N) is 2.